The third-order valence-corrected chi connectivity index (χ3v) is 14.3. The molecule has 72 heavy (non-hydrogen) atoms. The van der Waals surface area contributed by atoms with Gasteiger partial charge in [-0.1, -0.05) is 242 Å². The Morgan fingerprint density at radius 2 is 0.750 bits per heavy atom. The summed E-state index contributed by atoms with van der Waals surface area (Å²) < 4.78 is 34.6. The van der Waals surface area contributed by atoms with Gasteiger partial charge in [0.15, 0.2) is 6.10 Å². The summed E-state index contributed by atoms with van der Waals surface area (Å²) in [6.45, 7) is 4.45. The van der Waals surface area contributed by atoms with Gasteiger partial charge in [-0.15, -0.1) is 0 Å². The van der Waals surface area contributed by atoms with E-state index in [-0.39, 0.29) is 32.0 Å². The fraction of sp³-hybridized carbons (Fsp3) is 0.839. The molecule has 0 aliphatic rings. The Bertz CT molecular complexity index is 1360. The van der Waals surface area contributed by atoms with Gasteiger partial charge in [0.05, 0.1) is 27.7 Å². The van der Waals surface area contributed by atoms with E-state index in [0.29, 0.717) is 17.4 Å². The minimum atomic E-state index is -4.39. The number of quaternary nitrogens is 1. The molecule has 0 aromatic rings. The summed E-state index contributed by atoms with van der Waals surface area (Å²) in [5, 5.41) is 0. The molecule has 0 amide bonds. The molecule has 0 bridgehead atoms. The number of carbonyl (C=O) groups is 2. The largest absolute Gasteiger partial charge is 0.472 e. The second-order valence-electron chi connectivity index (χ2n) is 21.7. The van der Waals surface area contributed by atoms with E-state index in [1.165, 1.54) is 205 Å². The summed E-state index contributed by atoms with van der Waals surface area (Å²) in [6.07, 6.45) is 67.5. The molecule has 0 aliphatic heterocycles. The lowest BCUT2D eigenvalue weighted by atomic mass is 10.0. The summed E-state index contributed by atoms with van der Waals surface area (Å²) in [4.78, 5) is 35.7. The van der Waals surface area contributed by atoms with Crippen molar-refractivity contribution in [2.45, 2.75) is 290 Å². The molecule has 0 radical (unpaired) electrons. The molecular weight excluding hydrogens is 918 g/mol. The van der Waals surface area contributed by atoms with Gasteiger partial charge in [0.2, 0.25) is 0 Å². The molecule has 0 heterocycles. The highest BCUT2D eigenvalue weighted by molar-refractivity contribution is 7.47. The summed E-state index contributed by atoms with van der Waals surface area (Å²) >= 11 is 0. The first-order chi connectivity index (χ1) is 35.0. The average molecular weight is 1040 g/mol. The van der Waals surface area contributed by atoms with Crippen LogP contribution in [0.4, 0.5) is 0 Å². The maximum absolute atomic E-state index is 12.8. The molecule has 2 unspecified atom stereocenters. The summed E-state index contributed by atoms with van der Waals surface area (Å²) in [5.74, 6) is -0.790. The van der Waals surface area contributed by atoms with E-state index >= 15 is 0 Å². The molecule has 2 atom stereocenters. The minimum Gasteiger partial charge on any atom is -0.462 e. The van der Waals surface area contributed by atoms with E-state index in [1.807, 2.05) is 21.1 Å². The number of carbonyl (C=O) groups excluding carboxylic acids is 2. The zero-order chi connectivity index (χ0) is 52.7. The molecule has 0 saturated carbocycles. The number of allylic oxidation sites excluding steroid dienone is 8. The maximum atomic E-state index is 12.8. The van der Waals surface area contributed by atoms with Gasteiger partial charge in [0.25, 0.3) is 0 Å². The zero-order valence-corrected chi connectivity index (χ0v) is 48.8. The first-order valence-electron chi connectivity index (χ1n) is 30.4. The molecule has 9 nitrogen and oxygen atoms in total. The fourth-order valence-electron chi connectivity index (χ4n) is 8.61. The third kappa shape index (κ3) is 57.3. The Morgan fingerprint density at radius 3 is 1.12 bits per heavy atom. The molecular formula is C62H117NO8P+. The Balaban J connectivity index is 4.11. The molecule has 0 aliphatic carbocycles. The van der Waals surface area contributed by atoms with E-state index in [9.17, 15) is 19.0 Å². The van der Waals surface area contributed by atoms with Gasteiger partial charge in [0, 0.05) is 12.8 Å². The van der Waals surface area contributed by atoms with Crippen LogP contribution in [-0.2, 0) is 32.7 Å². The van der Waals surface area contributed by atoms with Gasteiger partial charge >= 0.3 is 19.8 Å². The van der Waals surface area contributed by atoms with Crippen LogP contribution in [0.15, 0.2) is 48.6 Å². The fourth-order valence-corrected chi connectivity index (χ4v) is 9.35. The van der Waals surface area contributed by atoms with Crippen LogP contribution < -0.4 is 0 Å². The normalized spacial score (nSPS) is 13.6. The van der Waals surface area contributed by atoms with E-state index in [0.717, 1.165) is 44.9 Å². The molecule has 0 rings (SSSR count). The van der Waals surface area contributed by atoms with Crippen LogP contribution in [0.25, 0.3) is 0 Å². The van der Waals surface area contributed by atoms with Crippen molar-refractivity contribution in [3.8, 4) is 0 Å². The van der Waals surface area contributed by atoms with Crippen LogP contribution in [0, 0.1) is 0 Å². The Hall–Kier alpha value is -2.03. The van der Waals surface area contributed by atoms with Crippen molar-refractivity contribution in [1.82, 2.24) is 0 Å². The molecule has 10 heteroatoms. The number of phosphoric acid groups is 1. The highest BCUT2D eigenvalue weighted by atomic mass is 31.2. The summed E-state index contributed by atoms with van der Waals surface area (Å²) in [6, 6.07) is 0. The Morgan fingerprint density at radius 1 is 0.431 bits per heavy atom. The number of esters is 2. The van der Waals surface area contributed by atoms with Crippen LogP contribution in [0.5, 0.6) is 0 Å². The molecule has 0 spiro atoms. The van der Waals surface area contributed by atoms with Gasteiger partial charge in [-0.2, -0.15) is 0 Å². The number of unbranched alkanes of at least 4 members (excludes halogenated alkanes) is 34. The summed E-state index contributed by atoms with van der Waals surface area (Å²) in [7, 11) is 1.48. The predicted molar refractivity (Wildman–Crippen MR) is 307 cm³/mol. The van der Waals surface area contributed by atoms with E-state index < -0.39 is 26.5 Å². The van der Waals surface area contributed by atoms with Crippen LogP contribution in [-0.4, -0.2) is 74.9 Å². The topological polar surface area (TPSA) is 108 Å². The van der Waals surface area contributed by atoms with Crippen molar-refractivity contribution in [2.24, 2.45) is 0 Å². The highest BCUT2D eigenvalue weighted by Crippen LogP contribution is 2.43. The van der Waals surface area contributed by atoms with Crippen LogP contribution in [0.3, 0.4) is 0 Å². The number of hydrogen-bond donors (Lipinski definition) is 1. The molecule has 1 N–H and O–H groups in total. The molecule has 0 aromatic heterocycles. The van der Waals surface area contributed by atoms with Crippen molar-refractivity contribution in [3.63, 3.8) is 0 Å². The minimum absolute atomic E-state index is 0.0316. The maximum Gasteiger partial charge on any atom is 0.472 e. The van der Waals surface area contributed by atoms with Gasteiger partial charge in [-0.05, 0) is 77.0 Å². The number of nitrogens with zero attached hydrogens (tertiary/aromatic N) is 1. The van der Waals surface area contributed by atoms with Crippen molar-refractivity contribution >= 4 is 19.8 Å². The number of rotatable bonds is 56. The van der Waals surface area contributed by atoms with E-state index in [4.69, 9.17) is 18.5 Å². The number of hydrogen-bond acceptors (Lipinski definition) is 7. The van der Waals surface area contributed by atoms with Gasteiger partial charge in [-0.3, -0.25) is 18.6 Å². The standard InChI is InChI=1S/C62H116NO8P/c1-6-8-10-12-14-16-18-20-22-24-26-27-28-29-30-31-32-33-34-35-37-39-41-43-45-47-49-51-53-55-62(65)71-60(59-70-72(66,67)69-57-56-63(3,4)5)58-68-61(64)54-52-50-48-46-44-42-40-38-36-25-23-21-19-17-15-13-11-9-7-2/h18,20-21,23-24,26,28-29,60H,6-17,19,22,25,27,30-59H2,1-5H3/p+1/b20-18-,23-21-,26-24-,29-28-. The van der Waals surface area contributed by atoms with Crippen LogP contribution >= 0.6 is 7.82 Å². The first-order valence-corrected chi connectivity index (χ1v) is 31.9. The predicted octanol–water partition coefficient (Wildman–Crippen LogP) is 18.9. The van der Waals surface area contributed by atoms with Gasteiger partial charge < -0.3 is 18.9 Å². The van der Waals surface area contributed by atoms with Crippen molar-refractivity contribution in [1.29, 1.82) is 0 Å². The average Bonchev–Trinajstić information content (AvgIpc) is 3.34. The first kappa shape index (κ1) is 70.0. The number of phosphoric ester groups is 1. The lowest BCUT2D eigenvalue weighted by Gasteiger charge is -2.24. The highest BCUT2D eigenvalue weighted by Gasteiger charge is 2.27. The molecule has 0 fully saturated rings. The van der Waals surface area contributed by atoms with Crippen molar-refractivity contribution in [2.75, 3.05) is 47.5 Å². The molecule has 0 aromatic carbocycles. The van der Waals surface area contributed by atoms with Gasteiger partial charge in [-0.25, -0.2) is 4.57 Å². The Kier molecular flexibility index (Phi) is 52.3. The monoisotopic (exact) mass is 1030 g/mol. The van der Waals surface area contributed by atoms with E-state index in [2.05, 4.69) is 62.5 Å². The van der Waals surface area contributed by atoms with E-state index in [1.54, 1.807) is 0 Å². The lowest BCUT2D eigenvalue weighted by molar-refractivity contribution is -0.870. The van der Waals surface area contributed by atoms with Crippen molar-refractivity contribution in [3.05, 3.63) is 48.6 Å². The van der Waals surface area contributed by atoms with Crippen LogP contribution in [0.2, 0.25) is 0 Å². The second kappa shape index (κ2) is 53.8. The second-order valence-corrected chi connectivity index (χ2v) is 23.2. The quantitative estimate of drug-likeness (QED) is 0.0211. The van der Waals surface area contributed by atoms with Gasteiger partial charge in [0.1, 0.15) is 19.8 Å². The Labute approximate surface area is 445 Å². The smallest absolute Gasteiger partial charge is 0.462 e. The number of ether oxygens (including phenoxy) is 2. The SMILES string of the molecule is CCCCCCC/C=C\C/C=C\C/C=C\CCCCCCCCCCCCCCCCC(=O)OC(COC(=O)CCCCCCCCCCC/C=C\CCCCCCCC)COP(=O)(O)OCC[N+](C)(C)C. The summed E-state index contributed by atoms with van der Waals surface area (Å²) in [5.41, 5.74) is 0. The zero-order valence-electron chi connectivity index (χ0n) is 47.9. The number of likely N-dealkylation sites (N-methyl/N-ethyl adjacent to an activating group) is 1. The van der Waals surface area contributed by atoms with Crippen molar-refractivity contribution < 1.29 is 42.1 Å². The lowest BCUT2D eigenvalue weighted by Crippen LogP contribution is -2.37. The molecule has 422 valence electrons. The third-order valence-electron chi connectivity index (χ3n) is 13.3. The molecule has 0 saturated heterocycles. The van der Waals surface area contributed by atoms with Crippen LogP contribution in [0.1, 0.15) is 284 Å².